The Labute approximate surface area is 98.9 Å². The molecule has 0 saturated carbocycles. The Morgan fingerprint density at radius 2 is 2.00 bits per heavy atom. The van der Waals surface area contributed by atoms with Gasteiger partial charge in [0.05, 0.1) is 5.69 Å². The number of rotatable bonds is 3. The van der Waals surface area contributed by atoms with Gasteiger partial charge in [-0.2, -0.15) is 5.10 Å². The standard InChI is InChI=1S/C13H14F2N2/c1-9-4-3-5-11(10(9)2)12-6-7-17(16-12)8-13(14)15/h3-7,13H,8H2,1-2H3. The molecule has 17 heavy (non-hydrogen) atoms. The third kappa shape index (κ3) is 2.52. The summed E-state index contributed by atoms with van der Waals surface area (Å²) < 4.78 is 25.7. The molecule has 0 unspecified atom stereocenters. The molecular weight excluding hydrogens is 222 g/mol. The maximum Gasteiger partial charge on any atom is 0.257 e. The van der Waals surface area contributed by atoms with Gasteiger partial charge in [-0.05, 0) is 31.0 Å². The molecule has 1 aromatic heterocycles. The summed E-state index contributed by atoms with van der Waals surface area (Å²) in [5.41, 5.74) is 4.05. The molecule has 0 saturated heterocycles. The molecule has 1 aromatic carbocycles. The average molecular weight is 236 g/mol. The number of halogens is 2. The van der Waals surface area contributed by atoms with E-state index in [9.17, 15) is 8.78 Å². The van der Waals surface area contributed by atoms with E-state index in [1.165, 1.54) is 10.2 Å². The topological polar surface area (TPSA) is 17.8 Å². The highest BCUT2D eigenvalue weighted by molar-refractivity contribution is 5.64. The van der Waals surface area contributed by atoms with Crippen LogP contribution in [0.25, 0.3) is 11.3 Å². The summed E-state index contributed by atoms with van der Waals surface area (Å²) in [6.07, 6.45) is -0.787. The first-order valence-corrected chi connectivity index (χ1v) is 5.46. The van der Waals surface area contributed by atoms with Crippen molar-refractivity contribution in [3.8, 4) is 11.3 Å². The number of benzene rings is 1. The highest BCUT2D eigenvalue weighted by atomic mass is 19.3. The first-order chi connectivity index (χ1) is 8.08. The van der Waals surface area contributed by atoms with E-state index in [0.29, 0.717) is 0 Å². The Morgan fingerprint density at radius 3 is 2.71 bits per heavy atom. The zero-order chi connectivity index (χ0) is 12.4. The van der Waals surface area contributed by atoms with Crippen LogP contribution in [0.1, 0.15) is 11.1 Å². The van der Waals surface area contributed by atoms with Gasteiger partial charge in [-0.1, -0.05) is 18.2 Å². The number of aromatic nitrogens is 2. The Morgan fingerprint density at radius 1 is 1.24 bits per heavy atom. The molecule has 0 aliphatic rings. The minimum Gasteiger partial charge on any atom is -0.266 e. The van der Waals surface area contributed by atoms with E-state index in [4.69, 9.17) is 0 Å². The summed E-state index contributed by atoms with van der Waals surface area (Å²) in [4.78, 5) is 0. The van der Waals surface area contributed by atoms with Crippen molar-refractivity contribution < 1.29 is 8.78 Å². The fraction of sp³-hybridized carbons (Fsp3) is 0.308. The van der Waals surface area contributed by atoms with Gasteiger partial charge in [-0.25, -0.2) is 8.78 Å². The van der Waals surface area contributed by atoms with E-state index < -0.39 is 6.43 Å². The molecule has 2 rings (SSSR count). The molecule has 1 heterocycles. The third-order valence-electron chi connectivity index (χ3n) is 2.85. The number of hydrogen-bond acceptors (Lipinski definition) is 1. The summed E-state index contributed by atoms with van der Waals surface area (Å²) in [5.74, 6) is 0. The zero-order valence-electron chi connectivity index (χ0n) is 9.82. The summed E-state index contributed by atoms with van der Waals surface area (Å²) in [5, 5.41) is 4.16. The maximum atomic E-state index is 12.2. The van der Waals surface area contributed by atoms with Gasteiger partial charge in [0.25, 0.3) is 6.43 Å². The molecule has 0 aliphatic heterocycles. The largest absolute Gasteiger partial charge is 0.266 e. The van der Waals surface area contributed by atoms with E-state index in [-0.39, 0.29) is 6.54 Å². The molecule has 2 aromatic rings. The quantitative estimate of drug-likeness (QED) is 0.798. The van der Waals surface area contributed by atoms with Crippen LogP contribution in [0.2, 0.25) is 0 Å². The number of hydrogen-bond donors (Lipinski definition) is 0. The molecule has 0 aliphatic carbocycles. The first-order valence-electron chi connectivity index (χ1n) is 5.46. The SMILES string of the molecule is Cc1cccc(-c2ccn(CC(F)F)n2)c1C. The van der Waals surface area contributed by atoms with Crippen molar-refractivity contribution >= 4 is 0 Å². The predicted molar refractivity (Wildman–Crippen MR) is 63.1 cm³/mol. The molecule has 0 atom stereocenters. The molecule has 0 bridgehead atoms. The smallest absolute Gasteiger partial charge is 0.257 e. The van der Waals surface area contributed by atoms with Crippen LogP contribution in [-0.2, 0) is 6.54 Å². The van der Waals surface area contributed by atoms with E-state index in [2.05, 4.69) is 5.10 Å². The second-order valence-electron chi connectivity index (χ2n) is 4.06. The van der Waals surface area contributed by atoms with Gasteiger partial charge in [-0.15, -0.1) is 0 Å². The molecule has 0 N–H and O–H groups in total. The summed E-state index contributed by atoms with van der Waals surface area (Å²) in [6, 6.07) is 7.69. The fourth-order valence-corrected chi connectivity index (χ4v) is 1.78. The van der Waals surface area contributed by atoms with Crippen LogP contribution in [0.5, 0.6) is 0 Å². The molecule has 0 spiro atoms. The highest BCUT2D eigenvalue weighted by Gasteiger charge is 2.09. The molecule has 4 heteroatoms. The minimum atomic E-state index is -2.37. The van der Waals surface area contributed by atoms with Crippen molar-refractivity contribution in [2.75, 3.05) is 0 Å². The van der Waals surface area contributed by atoms with Gasteiger partial charge in [0.1, 0.15) is 6.54 Å². The molecule has 0 fully saturated rings. The molecule has 2 nitrogen and oxygen atoms in total. The Kier molecular flexibility index (Phi) is 3.22. The zero-order valence-corrected chi connectivity index (χ0v) is 9.82. The Hall–Kier alpha value is -1.71. The highest BCUT2D eigenvalue weighted by Crippen LogP contribution is 2.23. The van der Waals surface area contributed by atoms with Crippen LogP contribution in [0.15, 0.2) is 30.5 Å². The van der Waals surface area contributed by atoms with Crippen LogP contribution < -0.4 is 0 Å². The molecule has 0 radical (unpaired) electrons. The van der Waals surface area contributed by atoms with Crippen molar-refractivity contribution in [3.63, 3.8) is 0 Å². The second kappa shape index (κ2) is 4.65. The number of nitrogens with zero attached hydrogens (tertiary/aromatic N) is 2. The Balaban J connectivity index is 2.34. The van der Waals surface area contributed by atoms with Crippen LogP contribution in [0.3, 0.4) is 0 Å². The van der Waals surface area contributed by atoms with Crippen LogP contribution >= 0.6 is 0 Å². The lowest BCUT2D eigenvalue weighted by molar-refractivity contribution is 0.122. The van der Waals surface area contributed by atoms with Crippen molar-refractivity contribution in [3.05, 3.63) is 41.6 Å². The van der Waals surface area contributed by atoms with Gasteiger partial charge < -0.3 is 0 Å². The van der Waals surface area contributed by atoms with Gasteiger partial charge in [0.2, 0.25) is 0 Å². The summed E-state index contributed by atoms with van der Waals surface area (Å²) in [7, 11) is 0. The van der Waals surface area contributed by atoms with Gasteiger partial charge in [0.15, 0.2) is 0 Å². The van der Waals surface area contributed by atoms with E-state index in [1.54, 1.807) is 12.3 Å². The van der Waals surface area contributed by atoms with Gasteiger partial charge in [0, 0.05) is 11.8 Å². The third-order valence-corrected chi connectivity index (χ3v) is 2.85. The van der Waals surface area contributed by atoms with E-state index in [0.717, 1.165) is 16.8 Å². The first kappa shape index (κ1) is 11.8. The van der Waals surface area contributed by atoms with Crippen molar-refractivity contribution in [2.24, 2.45) is 0 Å². The summed E-state index contributed by atoms with van der Waals surface area (Å²) >= 11 is 0. The van der Waals surface area contributed by atoms with Gasteiger partial charge in [-0.3, -0.25) is 4.68 Å². The van der Waals surface area contributed by atoms with Crippen molar-refractivity contribution in [1.82, 2.24) is 9.78 Å². The predicted octanol–water partition coefficient (Wildman–Crippen LogP) is 3.43. The molecule has 0 amide bonds. The molecular formula is C13H14F2N2. The van der Waals surface area contributed by atoms with E-state index >= 15 is 0 Å². The normalized spacial score (nSPS) is 11.1. The van der Waals surface area contributed by atoms with Crippen LogP contribution in [0.4, 0.5) is 8.78 Å². The second-order valence-corrected chi connectivity index (χ2v) is 4.06. The monoisotopic (exact) mass is 236 g/mol. The van der Waals surface area contributed by atoms with Crippen molar-refractivity contribution in [2.45, 2.75) is 26.8 Å². The van der Waals surface area contributed by atoms with Gasteiger partial charge >= 0.3 is 0 Å². The average Bonchev–Trinajstić information content (AvgIpc) is 2.69. The molecule has 90 valence electrons. The number of alkyl halides is 2. The minimum absolute atomic E-state index is 0.356. The lowest BCUT2D eigenvalue weighted by atomic mass is 10.0. The van der Waals surface area contributed by atoms with E-state index in [1.807, 2.05) is 32.0 Å². The lowest BCUT2D eigenvalue weighted by Gasteiger charge is -2.05. The summed E-state index contributed by atoms with van der Waals surface area (Å²) in [6.45, 7) is 3.68. The van der Waals surface area contributed by atoms with Crippen LogP contribution in [-0.4, -0.2) is 16.2 Å². The lowest BCUT2D eigenvalue weighted by Crippen LogP contribution is -2.06. The number of aryl methyl sites for hydroxylation is 1. The Bertz CT molecular complexity index is 518. The fourth-order valence-electron chi connectivity index (χ4n) is 1.78. The maximum absolute atomic E-state index is 12.2. The van der Waals surface area contributed by atoms with Crippen molar-refractivity contribution in [1.29, 1.82) is 0 Å². The van der Waals surface area contributed by atoms with Crippen LogP contribution in [0, 0.1) is 13.8 Å².